The van der Waals surface area contributed by atoms with Crippen LogP contribution in [0.2, 0.25) is 0 Å². The normalized spacial score (nSPS) is 11.3. The Hall–Kier alpha value is -7.16. The van der Waals surface area contributed by atoms with Gasteiger partial charge in [-0.05, 0) is 122 Å². The van der Waals surface area contributed by atoms with Crippen LogP contribution in [0.1, 0.15) is 0 Å². The van der Waals surface area contributed by atoms with Crippen LogP contribution < -0.4 is 4.90 Å². The smallest absolute Gasteiger partial charge is 0.135 e. The maximum absolute atomic E-state index is 6.35. The van der Waals surface area contributed by atoms with E-state index in [4.69, 9.17) is 4.42 Å². The van der Waals surface area contributed by atoms with Crippen molar-refractivity contribution in [3.8, 4) is 44.5 Å². The first-order valence-corrected chi connectivity index (χ1v) is 18.4. The number of benzene rings is 9. The number of fused-ring (bicyclic) bond motifs is 4. The van der Waals surface area contributed by atoms with Crippen molar-refractivity contribution in [2.45, 2.75) is 0 Å². The maximum Gasteiger partial charge on any atom is 0.135 e. The summed E-state index contributed by atoms with van der Waals surface area (Å²) in [6, 6.07) is 75.9. The van der Waals surface area contributed by atoms with Gasteiger partial charge in [0.15, 0.2) is 0 Å². The van der Waals surface area contributed by atoms with Crippen LogP contribution in [0.4, 0.5) is 17.1 Å². The number of hydrogen-bond donors (Lipinski definition) is 0. The third kappa shape index (κ3) is 5.81. The lowest BCUT2D eigenvalue weighted by atomic mass is 9.96. The van der Waals surface area contributed by atoms with Crippen LogP contribution in [-0.4, -0.2) is 0 Å². The van der Waals surface area contributed by atoms with Gasteiger partial charge in [-0.3, -0.25) is 0 Å². The fourth-order valence-corrected chi connectivity index (χ4v) is 7.78. The van der Waals surface area contributed by atoms with Gasteiger partial charge < -0.3 is 9.32 Å². The lowest BCUT2D eigenvalue weighted by Crippen LogP contribution is -2.10. The van der Waals surface area contributed by atoms with Crippen LogP contribution in [0, 0.1) is 0 Å². The molecule has 10 rings (SSSR count). The van der Waals surface area contributed by atoms with E-state index in [-0.39, 0.29) is 0 Å². The molecule has 10 aromatic rings. The zero-order chi connectivity index (χ0) is 35.8. The summed E-state index contributed by atoms with van der Waals surface area (Å²) in [5, 5.41) is 4.73. The molecule has 0 bridgehead atoms. The van der Waals surface area contributed by atoms with E-state index in [1.165, 1.54) is 33.0 Å². The van der Waals surface area contributed by atoms with Gasteiger partial charge in [-0.25, -0.2) is 0 Å². The Kier molecular flexibility index (Phi) is 7.85. The van der Waals surface area contributed by atoms with Crippen LogP contribution in [0.5, 0.6) is 0 Å². The van der Waals surface area contributed by atoms with Gasteiger partial charge >= 0.3 is 0 Å². The van der Waals surface area contributed by atoms with Crippen LogP contribution in [0.25, 0.3) is 77.2 Å². The maximum atomic E-state index is 6.35. The predicted octanol–water partition coefficient (Wildman–Crippen LogP) is 14.9. The van der Waals surface area contributed by atoms with Gasteiger partial charge in [0, 0.05) is 27.8 Å². The number of para-hydroxylation sites is 1. The third-order valence-electron chi connectivity index (χ3n) is 10.4. The highest BCUT2D eigenvalue weighted by Gasteiger charge is 2.16. The second-order valence-corrected chi connectivity index (χ2v) is 13.8. The van der Waals surface area contributed by atoms with Crippen LogP contribution in [0.3, 0.4) is 0 Å². The second kappa shape index (κ2) is 13.4. The van der Waals surface area contributed by atoms with Crippen molar-refractivity contribution in [3.63, 3.8) is 0 Å². The summed E-state index contributed by atoms with van der Waals surface area (Å²) in [5.41, 5.74) is 14.5. The molecule has 254 valence electrons. The molecule has 2 nitrogen and oxygen atoms in total. The summed E-state index contributed by atoms with van der Waals surface area (Å²) in [6.45, 7) is 0. The number of furan rings is 1. The van der Waals surface area contributed by atoms with Gasteiger partial charge in [0.1, 0.15) is 11.2 Å². The molecule has 0 atom stereocenters. The summed E-state index contributed by atoms with van der Waals surface area (Å²) >= 11 is 0. The minimum Gasteiger partial charge on any atom is -0.456 e. The Bertz CT molecular complexity index is 2940. The molecule has 0 unspecified atom stereocenters. The van der Waals surface area contributed by atoms with E-state index in [0.717, 1.165) is 61.3 Å². The van der Waals surface area contributed by atoms with E-state index in [1.807, 2.05) is 0 Å². The van der Waals surface area contributed by atoms with Crippen molar-refractivity contribution >= 4 is 49.8 Å². The monoisotopic (exact) mass is 689 g/mol. The summed E-state index contributed by atoms with van der Waals surface area (Å²) in [6.07, 6.45) is 0. The molecule has 0 N–H and O–H groups in total. The average Bonchev–Trinajstić information content (AvgIpc) is 3.62. The predicted molar refractivity (Wildman–Crippen MR) is 228 cm³/mol. The molecule has 0 spiro atoms. The molecule has 1 aromatic heterocycles. The van der Waals surface area contributed by atoms with E-state index < -0.39 is 0 Å². The van der Waals surface area contributed by atoms with Gasteiger partial charge in [0.2, 0.25) is 0 Å². The molecule has 54 heavy (non-hydrogen) atoms. The number of anilines is 3. The van der Waals surface area contributed by atoms with Gasteiger partial charge in [0.05, 0.1) is 0 Å². The molecule has 0 aliphatic heterocycles. The standard InChI is InChI=1S/C52H35NO/c1-3-13-36(14-4-1)40-19-10-23-45(32-40)53(44-21-5-2-6-22-44)46-24-11-20-41(33-46)38-17-9-18-39(31-38)42-27-29-51-49(34-42)50-35-43(28-30-52(50)54-51)48-26-12-16-37-15-7-8-25-47(37)48/h1-35H. The summed E-state index contributed by atoms with van der Waals surface area (Å²) < 4.78 is 6.35. The molecule has 0 amide bonds. The van der Waals surface area contributed by atoms with E-state index in [0.29, 0.717) is 0 Å². The van der Waals surface area contributed by atoms with E-state index in [2.05, 4.69) is 217 Å². The number of hydrogen-bond acceptors (Lipinski definition) is 2. The van der Waals surface area contributed by atoms with Crippen molar-refractivity contribution in [1.29, 1.82) is 0 Å². The Balaban J connectivity index is 1.03. The molecule has 0 aliphatic carbocycles. The molecular weight excluding hydrogens is 655 g/mol. The third-order valence-corrected chi connectivity index (χ3v) is 10.4. The van der Waals surface area contributed by atoms with Crippen LogP contribution in [0.15, 0.2) is 217 Å². The molecule has 9 aromatic carbocycles. The molecular formula is C52H35NO. The first-order valence-electron chi connectivity index (χ1n) is 18.4. The van der Waals surface area contributed by atoms with E-state index in [9.17, 15) is 0 Å². The minimum atomic E-state index is 0.894. The van der Waals surface area contributed by atoms with Gasteiger partial charge in [-0.2, -0.15) is 0 Å². The minimum absolute atomic E-state index is 0.894. The Morgan fingerprint density at radius 3 is 1.44 bits per heavy atom. The zero-order valence-electron chi connectivity index (χ0n) is 29.6. The lowest BCUT2D eigenvalue weighted by molar-refractivity contribution is 0.669. The highest BCUT2D eigenvalue weighted by Crippen LogP contribution is 2.40. The molecule has 0 aliphatic rings. The molecule has 0 saturated carbocycles. The molecule has 1 heterocycles. The SMILES string of the molecule is c1ccc(-c2cccc(N(c3ccccc3)c3cccc(-c4cccc(-c5ccc6oc7ccc(-c8cccc9ccccc89)cc7c6c5)c4)c3)c2)cc1. The lowest BCUT2D eigenvalue weighted by Gasteiger charge is -2.26. The molecule has 0 radical (unpaired) electrons. The average molecular weight is 690 g/mol. The van der Waals surface area contributed by atoms with Crippen molar-refractivity contribution < 1.29 is 4.42 Å². The van der Waals surface area contributed by atoms with Crippen LogP contribution >= 0.6 is 0 Å². The number of nitrogens with zero attached hydrogens (tertiary/aromatic N) is 1. The Labute approximate surface area is 314 Å². The topological polar surface area (TPSA) is 16.4 Å². The van der Waals surface area contributed by atoms with Crippen molar-refractivity contribution in [2.24, 2.45) is 0 Å². The van der Waals surface area contributed by atoms with E-state index in [1.54, 1.807) is 0 Å². The molecule has 2 heteroatoms. The largest absolute Gasteiger partial charge is 0.456 e. The van der Waals surface area contributed by atoms with Crippen LogP contribution in [-0.2, 0) is 0 Å². The van der Waals surface area contributed by atoms with Gasteiger partial charge in [-0.1, -0.05) is 146 Å². The van der Waals surface area contributed by atoms with Crippen molar-refractivity contribution in [3.05, 3.63) is 212 Å². The Morgan fingerprint density at radius 2 is 0.741 bits per heavy atom. The Morgan fingerprint density at radius 1 is 0.278 bits per heavy atom. The highest BCUT2D eigenvalue weighted by atomic mass is 16.3. The fraction of sp³-hybridized carbons (Fsp3) is 0. The first kappa shape index (κ1) is 31.6. The summed E-state index contributed by atoms with van der Waals surface area (Å²) in [4.78, 5) is 2.34. The van der Waals surface area contributed by atoms with E-state index >= 15 is 0 Å². The highest BCUT2D eigenvalue weighted by molar-refractivity contribution is 6.09. The molecule has 0 fully saturated rings. The first-order chi connectivity index (χ1) is 26.7. The van der Waals surface area contributed by atoms with Gasteiger partial charge in [0.25, 0.3) is 0 Å². The second-order valence-electron chi connectivity index (χ2n) is 13.8. The van der Waals surface area contributed by atoms with Gasteiger partial charge in [-0.15, -0.1) is 0 Å². The number of rotatable bonds is 7. The quantitative estimate of drug-likeness (QED) is 0.166. The summed E-state index contributed by atoms with van der Waals surface area (Å²) in [5.74, 6) is 0. The fourth-order valence-electron chi connectivity index (χ4n) is 7.78. The van der Waals surface area contributed by atoms with Crippen molar-refractivity contribution in [2.75, 3.05) is 4.90 Å². The van der Waals surface area contributed by atoms with Crippen molar-refractivity contribution in [1.82, 2.24) is 0 Å². The molecule has 0 saturated heterocycles. The zero-order valence-corrected chi connectivity index (χ0v) is 29.6. The summed E-state index contributed by atoms with van der Waals surface area (Å²) in [7, 11) is 0.